The van der Waals surface area contributed by atoms with Gasteiger partial charge in [-0.2, -0.15) is 0 Å². The average molecular weight is 244 g/mol. The fraction of sp³-hybridized carbons (Fsp3) is 0.143. The third-order valence-corrected chi connectivity index (χ3v) is 2.61. The van der Waals surface area contributed by atoms with Crippen LogP contribution < -0.4 is 4.74 Å². The first kappa shape index (κ1) is 12.3. The second kappa shape index (κ2) is 5.42. The zero-order valence-electron chi connectivity index (χ0n) is 9.58. The molecule has 92 valence electrons. The van der Waals surface area contributed by atoms with Gasteiger partial charge in [0.15, 0.2) is 6.29 Å². The molecule has 4 heteroatoms. The molecule has 18 heavy (non-hydrogen) atoms. The lowest BCUT2D eigenvalue weighted by Crippen LogP contribution is -2.23. The minimum atomic E-state index is -0.856. The molecular formula is C14H12O4. The van der Waals surface area contributed by atoms with Crippen molar-refractivity contribution in [2.45, 2.75) is 12.5 Å². The fourth-order valence-corrected chi connectivity index (χ4v) is 1.65. The van der Waals surface area contributed by atoms with Crippen molar-refractivity contribution in [3.05, 3.63) is 53.6 Å². The first-order chi connectivity index (χ1) is 8.72. The summed E-state index contributed by atoms with van der Waals surface area (Å²) in [6.07, 6.45) is 5.12. The highest BCUT2D eigenvalue weighted by Gasteiger charge is 2.21. The van der Waals surface area contributed by atoms with Gasteiger partial charge in [0.1, 0.15) is 5.75 Å². The number of aldehydes is 1. The van der Waals surface area contributed by atoms with Gasteiger partial charge in [0.2, 0.25) is 0 Å². The first-order valence-corrected chi connectivity index (χ1v) is 5.53. The van der Waals surface area contributed by atoms with Crippen LogP contribution in [0.4, 0.5) is 0 Å². The molecule has 1 aromatic rings. The lowest BCUT2D eigenvalue weighted by atomic mass is 10.0. The third-order valence-electron chi connectivity index (χ3n) is 2.61. The van der Waals surface area contributed by atoms with Crippen LogP contribution >= 0.6 is 0 Å². The number of ether oxygens (including phenoxy) is 1. The van der Waals surface area contributed by atoms with Gasteiger partial charge in [0, 0.05) is 0 Å². The maximum atomic E-state index is 11.8. The molecule has 1 aliphatic carbocycles. The van der Waals surface area contributed by atoms with E-state index in [0.717, 1.165) is 0 Å². The number of para-hydroxylation sites is 1. The number of rotatable bonds is 3. The highest BCUT2D eigenvalue weighted by atomic mass is 16.5. The lowest BCUT2D eigenvalue weighted by Gasteiger charge is -2.15. The van der Waals surface area contributed by atoms with Crippen LogP contribution in [0.3, 0.4) is 0 Å². The number of allylic oxidation sites excluding steroid dienone is 2. The minimum absolute atomic E-state index is 0.193. The Morgan fingerprint density at radius 1 is 1.39 bits per heavy atom. The largest absolute Gasteiger partial charge is 0.422 e. The Labute approximate surface area is 104 Å². The summed E-state index contributed by atoms with van der Waals surface area (Å²) in [4.78, 5) is 22.6. The Morgan fingerprint density at radius 3 is 2.89 bits per heavy atom. The Bertz CT molecular complexity index is 528. The first-order valence-electron chi connectivity index (χ1n) is 5.53. The third kappa shape index (κ3) is 2.55. The van der Waals surface area contributed by atoms with Gasteiger partial charge in [-0.15, -0.1) is 0 Å². The number of aliphatic hydroxyl groups excluding tert-OH is 1. The zero-order chi connectivity index (χ0) is 13.0. The smallest absolute Gasteiger partial charge is 0.342 e. The van der Waals surface area contributed by atoms with Crippen LogP contribution in [0.5, 0.6) is 5.75 Å². The predicted molar refractivity (Wildman–Crippen MR) is 65.3 cm³/mol. The molecule has 0 fully saturated rings. The Morgan fingerprint density at radius 2 is 2.17 bits per heavy atom. The van der Waals surface area contributed by atoms with E-state index >= 15 is 0 Å². The number of benzene rings is 1. The normalized spacial score (nSPS) is 18.1. The summed E-state index contributed by atoms with van der Waals surface area (Å²) in [5.41, 5.74) is 0.491. The van der Waals surface area contributed by atoms with Crippen molar-refractivity contribution < 1.29 is 19.4 Å². The summed E-state index contributed by atoms with van der Waals surface area (Å²) < 4.78 is 5.11. The van der Waals surface area contributed by atoms with Crippen LogP contribution in [0.2, 0.25) is 0 Å². The van der Waals surface area contributed by atoms with E-state index in [9.17, 15) is 14.7 Å². The van der Waals surface area contributed by atoms with Crippen LogP contribution in [0.15, 0.2) is 48.1 Å². The fourth-order valence-electron chi connectivity index (χ4n) is 1.65. The summed E-state index contributed by atoms with van der Waals surface area (Å²) in [5, 5.41) is 9.65. The number of hydrogen-bond donors (Lipinski definition) is 1. The van der Waals surface area contributed by atoms with Crippen molar-refractivity contribution in [2.24, 2.45) is 0 Å². The Balaban J connectivity index is 2.19. The molecular weight excluding hydrogens is 232 g/mol. The van der Waals surface area contributed by atoms with Crippen molar-refractivity contribution in [2.75, 3.05) is 0 Å². The summed E-state index contributed by atoms with van der Waals surface area (Å²) >= 11 is 0. The van der Waals surface area contributed by atoms with E-state index in [-0.39, 0.29) is 11.3 Å². The molecule has 4 nitrogen and oxygen atoms in total. The number of esters is 1. The van der Waals surface area contributed by atoms with E-state index < -0.39 is 12.1 Å². The number of carbonyl (C=O) groups is 2. The molecule has 2 rings (SSSR count). The van der Waals surface area contributed by atoms with Gasteiger partial charge >= 0.3 is 5.97 Å². The minimum Gasteiger partial charge on any atom is -0.422 e. The molecule has 0 spiro atoms. The molecule has 1 aromatic carbocycles. The van der Waals surface area contributed by atoms with Gasteiger partial charge in [0.05, 0.1) is 17.2 Å². The predicted octanol–water partition coefficient (Wildman–Crippen LogP) is 1.65. The van der Waals surface area contributed by atoms with Crippen molar-refractivity contribution in [3.8, 4) is 5.75 Å². The van der Waals surface area contributed by atoms with E-state index in [1.54, 1.807) is 30.4 Å². The van der Waals surface area contributed by atoms with E-state index in [1.165, 1.54) is 12.1 Å². The molecule has 0 saturated heterocycles. The summed E-state index contributed by atoms with van der Waals surface area (Å²) in [7, 11) is 0. The van der Waals surface area contributed by atoms with E-state index in [4.69, 9.17) is 4.74 Å². The summed E-state index contributed by atoms with van der Waals surface area (Å²) in [6.45, 7) is 0. The van der Waals surface area contributed by atoms with Crippen LogP contribution in [0.1, 0.15) is 16.8 Å². The average Bonchev–Trinajstić information content (AvgIpc) is 2.39. The lowest BCUT2D eigenvalue weighted by molar-refractivity contribution is -0.131. The van der Waals surface area contributed by atoms with Crippen molar-refractivity contribution >= 4 is 12.3 Å². The number of carbonyl (C=O) groups excluding carboxylic acids is 2. The molecule has 1 unspecified atom stereocenters. The van der Waals surface area contributed by atoms with E-state index in [1.807, 2.05) is 0 Å². The standard InChI is InChI=1S/C14H12O4/c15-9-10-5-1-4-8-13(10)18-14(17)11-6-2-3-7-12(11)16/h1-6,8-9,12,16H,7H2. The molecule has 0 bridgehead atoms. The van der Waals surface area contributed by atoms with Crippen LogP contribution in [-0.4, -0.2) is 23.5 Å². The van der Waals surface area contributed by atoms with Crippen LogP contribution in [0.25, 0.3) is 0 Å². The monoisotopic (exact) mass is 244 g/mol. The molecule has 1 N–H and O–H groups in total. The van der Waals surface area contributed by atoms with Gasteiger partial charge in [-0.3, -0.25) is 4.79 Å². The van der Waals surface area contributed by atoms with E-state index in [2.05, 4.69) is 0 Å². The Hall–Kier alpha value is -2.20. The number of aliphatic hydroxyl groups is 1. The highest BCUT2D eigenvalue weighted by molar-refractivity contribution is 5.93. The van der Waals surface area contributed by atoms with Crippen LogP contribution in [-0.2, 0) is 4.79 Å². The summed E-state index contributed by atoms with van der Waals surface area (Å²) in [5.74, 6) is -0.443. The zero-order valence-corrected chi connectivity index (χ0v) is 9.58. The second-order valence-electron chi connectivity index (χ2n) is 3.85. The molecule has 1 aliphatic rings. The van der Waals surface area contributed by atoms with E-state index in [0.29, 0.717) is 18.3 Å². The van der Waals surface area contributed by atoms with Crippen molar-refractivity contribution in [3.63, 3.8) is 0 Å². The Kier molecular flexibility index (Phi) is 3.69. The maximum absolute atomic E-state index is 11.8. The molecule has 0 aromatic heterocycles. The van der Waals surface area contributed by atoms with Crippen molar-refractivity contribution in [1.29, 1.82) is 0 Å². The van der Waals surface area contributed by atoms with Crippen LogP contribution in [0, 0.1) is 0 Å². The maximum Gasteiger partial charge on any atom is 0.342 e. The molecule has 1 atom stereocenters. The number of hydrogen-bond acceptors (Lipinski definition) is 4. The van der Waals surface area contributed by atoms with Gasteiger partial charge in [-0.05, 0) is 24.6 Å². The second-order valence-corrected chi connectivity index (χ2v) is 3.85. The molecule has 0 amide bonds. The van der Waals surface area contributed by atoms with Gasteiger partial charge in [-0.25, -0.2) is 4.79 Å². The quantitative estimate of drug-likeness (QED) is 0.499. The van der Waals surface area contributed by atoms with Gasteiger partial charge < -0.3 is 9.84 Å². The highest BCUT2D eigenvalue weighted by Crippen LogP contribution is 2.20. The van der Waals surface area contributed by atoms with Gasteiger partial charge in [-0.1, -0.05) is 24.3 Å². The SMILES string of the molecule is O=Cc1ccccc1OC(=O)C1=CC=CCC1O. The van der Waals surface area contributed by atoms with Gasteiger partial charge in [0.25, 0.3) is 0 Å². The molecule has 0 saturated carbocycles. The topological polar surface area (TPSA) is 63.6 Å². The summed E-state index contributed by atoms with van der Waals surface area (Å²) in [6, 6.07) is 6.44. The molecule has 0 aliphatic heterocycles. The molecule has 0 heterocycles. The van der Waals surface area contributed by atoms with Crippen molar-refractivity contribution in [1.82, 2.24) is 0 Å². The molecule has 0 radical (unpaired) electrons.